The summed E-state index contributed by atoms with van der Waals surface area (Å²) in [6.45, 7) is 4.10. The highest BCUT2D eigenvalue weighted by Crippen LogP contribution is 2.19. The molecule has 0 unspecified atom stereocenters. The lowest BCUT2D eigenvalue weighted by Crippen LogP contribution is -2.36. The second-order valence-corrected chi connectivity index (χ2v) is 6.07. The van der Waals surface area contributed by atoms with Crippen LogP contribution in [0.5, 0.6) is 0 Å². The molecule has 0 fully saturated rings. The zero-order chi connectivity index (χ0) is 16.7. The fourth-order valence-corrected chi connectivity index (χ4v) is 2.68. The van der Waals surface area contributed by atoms with Gasteiger partial charge in [0, 0.05) is 6.54 Å². The third-order valence-corrected chi connectivity index (χ3v) is 4.04. The third kappa shape index (κ3) is 5.55. The maximum Gasteiger partial charge on any atom is 0.338 e. The van der Waals surface area contributed by atoms with Crippen LogP contribution in [0.1, 0.15) is 54.9 Å². The van der Waals surface area contributed by atoms with Crippen LogP contribution in [0.2, 0.25) is 0 Å². The topological polar surface area (TPSA) is 55.4 Å². The number of rotatable bonds is 6. The first-order valence-corrected chi connectivity index (χ1v) is 8.29. The van der Waals surface area contributed by atoms with E-state index in [2.05, 4.69) is 11.4 Å². The van der Waals surface area contributed by atoms with Gasteiger partial charge in [0.2, 0.25) is 0 Å². The molecule has 124 valence electrons. The number of carbonyl (C=O) groups excluding carboxylic acids is 2. The van der Waals surface area contributed by atoms with Crippen LogP contribution in [0.3, 0.4) is 0 Å². The molecular weight excluding hydrogens is 290 g/mol. The van der Waals surface area contributed by atoms with E-state index in [1.807, 2.05) is 13.0 Å². The molecule has 1 N–H and O–H groups in total. The second-order valence-electron chi connectivity index (χ2n) is 6.07. The summed E-state index contributed by atoms with van der Waals surface area (Å²) in [5.74, 6) is -0.714. The minimum atomic E-state index is -0.789. The molecule has 1 aromatic carbocycles. The van der Waals surface area contributed by atoms with Crippen LogP contribution < -0.4 is 5.32 Å². The van der Waals surface area contributed by atoms with E-state index in [9.17, 15) is 9.59 Å². The fraction of sp³-hybridized carbons (Fsp3) is 0.474. The smallest absolute Gasteiger partial charge is 0.338 e. The number of ether oxygens (including phenoxy) is 1. The van der Waals surface area contributed by atoms with E-state index < -0.39 is 12.1 Å². The molecule has 0 saturated heterocycles. The number of aryl methyl sites for hydroxylation is 1. The summed E-state index contributed by atoms with van der Waals surface area (Å²) in [5, 5.41) is 2.84. The maximum absolute atomic E-state index is 12.0. The van der Waals surface area contributed by atoms with Gasteiger partial charge in [-0.15, -0.1) is 0 Å². The average Bonchev–Trinajstić information content (AvgIpc) is 2.55. The van der Waals surface area contributed by atoms with Crippen molar-refractivity contribution in [1.82, 2.24) is 5.32 Å². The standard InChI is InChI=1S/C19H25NO3/c1-14-7-6-10-17(13-14)19(22)23-15(2)18(21)20-12-11-16-8-4-3-5-9-16/h6-8,10,13,15H,3-5,9,11-12H2,1-2H3,(H,20,21)/t15-/m1/s1. The van der Waals surface area contributed by atoms with Gasteiger partial charge in [0.15, 0.2) is 6.10 Å². The predicted octanol–water partition coefficient (Wildman–Crippen LogP) is 3.55. The van der Waals surface area contributed by atoms with Crippen molar-refractivity contribution in [3.63, 3.8) is 0 Å². The van der Waals surface area contributed by atoms with Gasteiger partial charge in [-0.3, -0.25) is 4.79 Å². The summed E-state index contributed by atoms with van der Waals surface area (Å²) < 4.78 is 5.23. The molecule has 0 radical (unpaired) electrons. The van der Waals surface area contributed by atoms with Gasteiger partial charge >= 0.3 is 5.97 Å². The maximum atomic E-state index is 12.0. The molecule has 0 saturated carbocycles. The molecule has 0 heterocycles. The Morgan fingerprint density at radius 2 is 2.13 bits per heavy atom. The van der Waals surface area contributed by atoms with Crippen LogP contribution in [0, 0.1) is 6.92 Å². The number of nitrogens with one attached hydrogen (secondary N) is 1. The Kier molecular flexibility index (Phi) is 6.39. The zero-order valence-electron chi connectivity index (χ0n) is 13.9. The Morgan fingerprint density at radius 3 is 2.83 bits per heavy atom. The normalized spacial score (nSPS) is 15.5. The second kappa shape index (κ2) is 8.51. The van der Waals surface area contributed by atoms with Crippen LogP contribution >= 0.6 is 0 Å². The van der Waals surface area contributed by atoms with Crippen LogP contribution in [0.4, 0.5) is 0 Å². The van der Waals surface area contributed by atoms with Gasteiger partial charge in [-0.1, -0.05) is 29.3 Å². The van der Waals surface area contributed by atoms with E-state index in [0.29, 0.717) is 12.1 Å². The van der Waals surface area contributed by atoms with Crippen molar-refractivity contribution in [2.24, 2.45) is 0 Å². The molecule has 4 heteroatoms. The van der Waals surface area contributed by atoms with E-state index in [0.717, 1.165) is 24.8 Å². The highest BCUT2D eigenvalue weighted by Gasteiger charge is 2.18. The van der Waals surface area contributed by atoms with Crippen molar-refractivity contribution in [3.05, 3.63) is 47.0 Å². The van der Waals surface area contributed by atoms with E-state index in [1.54, 1.807) is 25.1 Å². The average molecular weight is 315 g/mol. The number of allylic oxidation sites excluding steroid dienone is 1. The van der Waals surface area contributed by atoms with Gasteiger partial charge in [0.25, 0.3) is 5.91 Å². The number of hydrogen-bond acceptors (Lipinski definition) is 3. The van der Waals surface area contributed by atoms with Gasteiger partial charge in [-0.05, 0) is 58.1 Å². The summed E-state index contributed by atoms with van der Waals surface area (Å²) >= 11 is 0. The number of hydrogen-bond donors (Lipinski definition) is 1. The molecule has 23 heavy (non-hydrogen) atoms. The monoisotopic (exact) mass is 315 g/mol. The molecule has 2 rings (SSSR count). The molecule has 1 atom stereocenters. The SMILES string of the molecule is Cc1cccc(C(=O)O[C@H](C)C(=O)NCCC2=CCCCC2)c1. The summed E-state index contributed by atoms with van der Waals surface area (Å²) in [4.78, 5) is 24.0. The summed E-state index contributed by atoms with van der Waals surface area (Å²) in [5.41, 5.74) is 2.87. The molecule has 0 spiro atoms. The number of esters is 1. The van der Waals surface area contributed by atoms with E-state index in [4.69, 9.17) is 4.74 Å². The van der Waals surface area contributed by atoms with Crippen molar-refractivity contribution in [1.29, 1.82) is 0 Å². The Hall–Kier alpha value is -2.10. The summed E-state index contributed by atoms with van der Waals surface area (Å²) in [6, 6.07) is 7.15. The van der Waals surface area contributed by atoms with E-state index in [1.165, 1.54) is 18.4 Å². The largest absolute Gasteiger partial charge is 0.449 e. The molecule has 1 aliphatic rings. The minimum absolute atomic E-state index is 0.248. The Balaban J connectivity index is 1.76. The van der Waals surface area contributed by atoms with Gasteiger partial charge in [-0.2, -0.15) is 0 Å². The first-order chi connectivity index (χ1) is 11.1. The van der Waals surface area contributed by atoms with E-state index >= 15 is 0 Å². The van der Waals surface area contributed by atoms with Crippen LogP contribution in [0.25, 0.3) is 0 Å². The molecule has 0 bridgehead atoms. The number of amides is 1. The highest BCUT2D eigenvalue weighted by atomic mass is 16.5. The van der Waals surface area contributed by atoms with Gasteiger partial charge < -0.3 is 10.1 Å². The molecular formula is C19H25NO3. The first-order valence-electron chi connectivity index (χ1n) is 8.29. The van der Waals surface area contributed by atoms with Crippen LogP contribution in [-0.4, -0.2) is 24.5 Å². The highest BCUT2D eigenvalue weighted by molar-refractivity contribution is 5.92. The van der Waals surface area contributed by atoms with Crippen molar-refractivity contribution >= 4 is 11.9 Å². The lowest BCUT2D eigenvalue weighted by Gasteiger charge is -2.15. The third-order valence-electron chi connectivity index (χ3n) is 4.04. The van der Waals surface area contributed by atoms with Crippen molar-refractivity contribution in [2.45, 2.75) is 52.1 Å². The molecule has 1 aromatic rings. The molecule has 1 aliphatic carbocycles. The lowest BCUT2D eigenvalue weighted by atomic mass is 9.97. The molecule has 4 nitrogen and oxygen atoms in total. The van der Waals surface area contributed by atoms with Gasteiger partial charge in [0.1, 0.15) is 0 Å². The predicted molar refractivity (Wildman–Crippen MR) is 90.2 cm³/mol. The first kappa shape index (κ1) is 17.3. The van der Waals surface area contributed by atoms with Gasteiger partial charge in [0.05, 0.1) is 5.56 Å². The summed E-state index contributed by atoms with van der Waals surface area (Å²) in [6.07, 6.45) is 7.15. The molecule has 1 amide bonds. The number of carbonyl (C=O) groups is 2. The van der Waals surface area contributed by atoms with Crippen molar-refractivity contribution in [3.8, 4) is 0 Å². The molecule has 0 aromatic heterocycles. The van der Waals surface area contributed by atoms with E-state index in [-0.39, 0.29) is 5.91 Å². The van der Waals surface area contributed by atoms with Crippen molar-refractivity contribution < 1.29 is 14.3 Å². The number of benzene rings is 1. The quantitative estimate of drug-likeness (QED) is 0.645. The van der Waals surface area contributed by atoms with Crippen molar-refractivity contribution in [2.75, 3.05) is 6.54 Å². The van der Waals surface area contributed by atoms with Crippen LogP contribution in [0.15, 0.2) is 35.9 Å². The summed E-state index contributed by atoms with van der Waals surface area (Å²) in [7, 11) is 0. The Morgan fingerprint density at radius 1 is 1.30 bits per heavy atom. The minimum Gasteiger partial charge on any atom is -0.449 e. The van der Waals surface area contributed by atoms with Crippen LogP contribution in [-0.2, 0) is 9.53 Å². The van der Waals surface area contributed by atoms with Gasteiger partial charge in [-0.25, -0.2) is 4.79 Å². The Bertz CT molecular complexity index is 592. The zero-order valence-corrected chi connectivity index (χ0v) is 13.9. The Labute approximate surface area is 137 Å². The lowest BCUT2D eigenvalue weighted by molar-refractivity contribution is -0.129. The fourth-order valence-electron chi connectivity index (χ4n) is 2.68. The molecule has 0 aliphatic heterocycles.